The maximum Gasteiger partial charge on any atom is 0.309 e. The summed E-state index contributed by atoms with van der Waals surface area (Å²) in [5.74, 6) is 2.12. The fourth-order valence-corrected chi connectivity index (χ4v) is 13.6. The van der Waals surface area contributed by atoms with Crippen molar-refractivity contribution in [1.82, 2.24) is 9.80 Å². The molecule has 1 saturated heterocycles. The largest absolute Gasteiger partial charge is 0.481 e. The Morgan fingerprint density at radius 1 is 0.848 bits per heavy atom. The van der Waals surface area contributed by atoms with Crippen LogP contribution in [0.5, 0.6) is 0 Å². The number of piperidine rings is 1. The monoisotopic (exact) mass is 641 g/mol. The lowest BCUT2D eigenvalue weighted by Gasteiger charge is -2.72. The Morgan fingerprint density at radius 2 is 1.57 bits per heavy atom. The van der Waals surface area contributed by atoms with Crippen LogP contribution in [0, 0.1) is 56.7 Å². The molecular weight excluding hydrogens is 572 g/mol. The smallest absolute Gasteiger partial charge is 0.309 e. The number of esters is 1. The number of hydrogen-bond acceptors (Lipinski definition) is 5. The zero-order chi connectivity index (χ0) is 33.3. The van der Waals surface area contributed by atoms with Gasteiger partial charge < -0.3 is 19.6 Å². The van der Waals surface area contributed by atoms with Crippen LogP contribution >= 0.6 is 0 Å². The molecule has 0 aromatic heterocycles. The predicted octanol–water partition coefficient (Wildman–Crippen LogP) is 8.28. The minimum absolute atomic E-state index is 0.0640. The van der Waals surface area contributed by atoms with Gasteiger partial charge in [0.1, 0.15) is 6.10 Å². The molecule has 2 unspecified atom stereocenters. The molecule has 0 bridgehead atoms. The van der Waals surface area contributed by atoms with Crippen molar-refractivity contribution in [2.24, 2.45) is 56.7 Å². The standard InChI is InChI=1S/C40H68N2O4/c1-27-29-13-19-39(6)33(37(29,4)18-14-32(27)46-34(43)26-36(2,3)35(44)45)12-11-30-31-10-9-17-40(31,21-20-38(30,39)5)22-25-42-23-15-28(16-24-42)41(7)8/h27-33H,9-26H2,1-8H3,(H,44,45)/t27-,29?,30-,31-,32+,33?,37+,38-,39-,40-/m1/s1. The van der Waals surface area contributed by atoms with Crippen LogP contribution in [0.25, 0.3) is 0 Å². The van der Waals surface area contributed by atoms with Crippen molar-refractivity contribution < 1.29 is 19.4 Å². The van der Waals surface area contributed by atoms with Crippen LogP contribution < -0.4 is 0 Å². The normalized spacial score (nSPS) is 45.0. The highest BCUT2D eigenvalue weighted by molar-refractivity contribution is 5.81. The zero-order valence-electron chi connectivity index (χ0n) is 30.8. The topological polar surface area (TPSA) is 70.1 Å². The molecule has 1 aliphatic heterocycles. The Labute approximate surface area is 281 Å². The molecule has 0 amide bonds. The summed E-state index contributed by atoms with van der Waals surface area (Å²) in [7, 11) is 4.50. The molecule has 262 valence electrons. The van der Waals surface area contributed by atoms with Gasteiger partial charge in [-0.2, -0.15) is 0 Å². The van der Waals surface area contributed by atoms with Gasteiger partial charge in [-0.05, 0) is 182 Å². The molecule has 6 rings (SSSR count). The molecule has 6 nitrogen and oxygen atoms in total. The molecule has 5 saturated carbocycles. The first-order valence-corrected chi connectivity index (χ1v) is 19.4. The quantitative estimate of drug-likeness (QED) is 0.269. The van der Waals surface area contributed by atoms with Gasteiger partial charge in [-0.15, -0.1) is 0 Å². The number of fused-ring (bicyclic) bond motifs is 7. The average Bonchev–Trinajstić information content (AvgIpc) is 3.42. The van der Waals surface area contributed by atoms with Crippen LogP contribution in [0.3, 0.4) is 0 Å². The molecule has 0 aromatic rings. The van der Waals surface area contributed by atoms with Crippen molar-refractivity contribution in [3.8, 4) is 0 Å². The van der Waals surface area contributed by atoms with Crippen LogP contribution in [-0.4, -0.2) is 72.7 Å². The van der Waals surface area contributed by atoms with Gasteiger partial charge in [0, 0.05) is 6.04 Å². The third-order valence-corrected chi connectivity index (χ3v) is 16.7. The van der Waals surface area contributed by atoms with Gasteiger partial charge in [-0.25, -0.2) is 0 Å². The SMILES string of the molecule is C[C@@H]1C2CC[C@]3(C)C(CC[C@@H]4[C@H]5CCC[C@]5(CCN5CCC(N(C)C)CC5)CC[C@]43C)[C@@]2(C)CC[C@@H]1OC(=O)CC(C)(C)C(=O)O. The summed E-state index contributed by atoms with van der Waals surface area (Å²) in [6.07, 6.45) is 18.5. The summed E-state index contributed by atoms with van der Waals surface area (Å²) in [5, 5.41) is 9.53. The summed E-state index contributed by atoms with van der Waals surface area (Å²) in [5.41, 5.74) is 0.565. The number of likely N-dealkylation sites (tertiary alicyclic amines) is 1. The molecule has 6 heteroatoms. The Bertz CT molecular complexity index is 1150. The Balaban J connectivity index is 1.13. The molecule has 0 aromatic carbocycles. The van der Waals surface area contributed by atoms with Gasteiger partial charge in [0.25, 0.3) is 0 Å². The van der Waals surface area contributed by atoms with Gasteiger partial charge >= 0.3 is 11.9 Å². The Hall–Kier alpha value is -1.14. The van der Waals surface area contributed by atoms with E-state index in [1.165, 1.54) is 96.7 Å². The van der Waals surface area contributed by atoms with Crippen LogP contribution in [-0.2, 0) is 14.3 Å². The average molecular weight is 641 g/mol. The van der Waals surface area contributed by atoms with Crippen molar-refractivity contribution in [2.45, 2.75) is 150 Å². The van der Waals surface area contributed by atoms with E-state index in [2.05, 4.69) is 51.6 Å². The van der Waals surface area contributed by atoms with Crippen LogP contribution in [0.4, 0.5) is 0 Å². The second-order valence-corrected chi connectivity index (χ2v) is 19.2. The first-order chi connectivity index (χ1) is 21.6. The van der Waals surface area contributed by atoms with E-state index in [4.69, 9.17) is 4.74 Å². The van der Waals surface area contributed by atoms with Crippen molar-refractivity contribution in [3.05, 3.63) is 0 Å². The number of hydrogen-bond donors (Lipinski definition) is 1. The fourth-order valence-electron chi connectivity index (χ4n) is 13.6. The van der Waals surface area contributed by atoms with E-state index in [-0.39, 0.29) is 23.9 Å². The van der Waals surface area contributed by atoms with Gasteiger partial charge in [-0.3, -0.25) is 9.59 Å². The molecule has 0 radical (unpaired) electrons. The van der Waals surface area contributed by atoms with Crippen LogP contribution in [0.15, 0.2) is 0 Å². The fraction of sp³-hybridized carbons (Fsp3) is 0.950. The van der Waals surface area contributed by atoms with E-state index in [9.17, 15) is 14.7 Å². The highest BCUT2D eigenvalue weighted by Gasteiger charge is 2.69. The Morgan fingerprint density at radius 3 is 2.24 bits per heavy atom. The summed E-state index contributed by atoms with van der Waals surface area (Å²) >= 11 is 0. The molecule has 6 fully saturated rings. The van der Waals surface area contributed by atoms with Crippen molar-refractivity contribution >= 4 is 11.9 Å². The van der Waals surface area contributed by atoms with Crippen molar-refractivity contribution in [3.63, 3.8) is 0 Å². The molecule has 46 heavy (non-hydrogen) atoms. The molecular formula is C40H68N2O4. The van der Waals surface area contributed by atoms with E-state index < -0.39 is 11.4 Å². The first kappa shape index (κ1) is 34.7. The van der Waals surface area contributed by atoms with E-state index >= 15 is 0 Å². The van der Waals surface area contributed by atoms with E-state index in [1.54, 1.807) is 13.8 Å². The van der Waals surface area contributed by atoms with Crippen LogP contribution in [0.1, 0.15) is 138 Å². The van der Waals surface area contributed by atoms with Gasteiger partial charge in [0.15, 0.2) is 0 Å². The molecule has 10 atom stereocenters. The lowest BCUT2D eigenvalue weighted by molar-refractivity contribution is -0.235. The van der Waals surface area contributed by atoms with E-state index in [0.29, 0.717) is 28.1 Å². The summed E-state index contributed by atoms with van der Waals surface area (Å²) < 4.78 is 6.08. The molecule has 5 aliphatic carbocycles. The van der Waals surface area contributed by atoms with E-state index in [1.807, 2.05) is 0 Å². The summed E-state index contributed by atoms with van der Waals surface area (Å²) in [6, 6.07) is 0.765. The number of ether oxygens (including phenoxy) is 1. The predicted molar refractivity (Wildman–Crippen MR) is 184 cm³/mol. The third kappa shape index (κ3) is 5.59. The highest BCUT2D eigenvalue weighted by atomic mass is 16.5. The van der Waals surface area contributed by atoms with Crippen molar-refractivity contribution in [1.29, 1.82) is 0 Å². The number of carbonyl (C=O) groups excluding carboxylic acids is 1. The summed E-state index contributed by atoms with van der Waals surface area (Å²) in [6.45, 7) is 17.5. The minimum atomic E-state index is -1.09. The lowest BCUT2D eigenvalue weighted by Crippen LogP contribution is -2.65. The second-order valence-electron chi connectivity index (χ2n) is 19.2. The van der Waals surface area contributed by atoms with Gasteiger partial charge in [0.2, 0.25) is 0 Å². The number of carboxylic acids is 1. The number of rotatable bonds is 8. The van der Waals surface area contributed by atoms with Gasteiger partial charge in [-0.1, -0.05) is 34.1 Å². The van der Waals surface area contributed by atoms with E-state index in [0.717, 1.165) is 36.6 Å². The molecule has 0 spiro atoms. The van der Waals surface area contributed by atoms with Gasteiger partial charge in [0.05, 0.1) is 11.8 Å². The van der Waals surface area contributed by atoms with Crippen LogP contribution in [0.2, 0.25) is 0 Å². The molecule has 6 aliphatic rings. The maximum absolute atomic E-state index is 12.9. The molecule has 1 heterocycles. The highest BCUT2D eigenvalue weighted by Crippen LogP contribution is 2.76. The second kappa shape index (κ2) is 12.3. The number of carboxylic acid groups (broad SMARTS) is 1. The lowest BCUT2D eigenvalue weighted by atomic mass is 9.33. The maximum atomic E-state index is 12.9. The minimum Gasteiger partial charge on any atom is -0.481 e. The number of carbonyl (C=O) groups is 2. The molecule has 1 N–H and O–H groups in total. The third-order valence-electron chi connectivity index (χ3n) is 16.7. The van der Waals surface area contributed by atoms with Crippen molar-refractivity contribution in [2.75, 3.05) is 33.7 Å². The summed E-state index contributed by atoms with van der Waals surface area (Å²) in [4.78, 5) is 29.8. The Kier molecular flexibility index (Phi) is 9.30. The number of aliphatic carboxylic acids is 1. The zero-order valence-corrected chi connectivity index (χ0v) is 30.8. The first-order valence-electron chi connectivity index (χ1n) is 19.4. The number of nitrogens with zero attached hydrogens (tertiary/aromatic N) is 2.